The van der Waals surface area contributed by atoms with Gasteiger partial charge in [-0.15, -0.1) is 0 Å². The Bertz CT molecular complexity index is 646. The Morgan fingerprint density at radius 1 is 1.67 bits per heavy atom. The van der Waals surface area contributed by atoms with E-state index in [4.69, 9.17) is 21.7 Å². The highest BCUT2D eigenvalue weighted by molar-refractivity contribution is 7.80. The molecule has 3 N–H and O–H groups in total. The van der Waals surface area contributed by atoms with Crippen molar-refractivity contribution in [2.75, 3.05) is 20.3 Å². The van der Waals surface area contributed by atoms with Crippen LogP contribution in [0.1, 0.15) is 18.4 Å². The van der Waals surface area contributed by atoms with Crippen LogP contribution in [0.5, 0.6) is 11.5 Å². The SMILES string of the molecule is COc1cc(/C=N\NC(=S)NC[C@@H]2CCCO2)cc([N+](=O)[O-])c1O. The zero-order chi connectivity index (χ0) is 17.5. The highest BCUT2D eigenvalue weighted by Crippen LogP contribution is 2.36. The molecule has 1 heterocycles. The lowest BCUT2D eigenvalue weighted by Gasteiger charge is -2.11. The number of benzene rings is 1. The maximum Gasteiger partial charge on any atom is 0.315 e. The van der Waals surface area contributed by atoms with Crippen LogP contribution in [0.4, 0.5) is 5.69 Å². The van der Waals surface area contributed by atoms with Gasteiger partial charge in [-0.1, -0.05) is 0 Å². The lowest BCUT2D eigenvalue weighted by atomic mass is 10.2. The van der Waals surface area contributed by atoms with Gasteiger partial charge in [0.1, 0.15) is 0 Å². The Kier molecular flexibility index (Phi) is 6.27. The molecule has 0 radical (unpaired) electrons. The maximum absolute atomic E-state index is 10.9. The smallest absolute Gasteiger partial charge is 0.315 e. The fourth-order valence-electron chi connectivity index (χ4n) is 2.20. The van der Waals surface area contributed by atoms with Gasteiger partial charge < -0.3 is 19.9 Å². The zero-order valence-electron chi connectivity index (χ0n) is 13.0. The lowest BCUT2D eigenvalue weighted by Crippen LogP contribution is -2.37. The lowest BCUT2D eigenvalue weighted by molar-refractivity contribution is -0.386. The summed E-state index contributed by atoms with van der Waals surface area (Å²) in [5.74, 6) is -0.536. The fourth-order valence-corrected chi connectivity index (χ4v) is 2.34. The van der Waals surface area contributed by atoms with Gasteiger partial charge in [0.15, 0.2) is 10.9 Å². The van der Waals surface area contributed by atoms with Crippen LogP contribution in [0.15, 0.2) is 17.2 Å². The van der Waals surface area contributed by atoms with Gasteiger partial charge in [-0.05, 0) is 31.1 Å². The molecule has 9 nitrogen and oxygen atoms in total. The van der Waals surface area contributed by atoms with Gasteiger partial charge in [-0.25, -0.2) is 0 Å². The Morgan fingerprint density at radius 3 is 3.08 bits per heavy atom. The third-order valence-electron chi connectivity index (χ3n) is 3.39. The van der Waals surface area contributed by atoms with Crippen molar-refractivity contribution in [1.29, 1.82) is 0 Å². The number of nitro benzene ring substituents is 1. The van der Waals surface area contributed by atoms with Gasteiger partial charge in [-0.3, -0.25) is 15.5 Å². The van der Waals surface area contributed by atoms with E-state index >= 15 is 0 Å². The molecule has 0 saturated carbocycles. The van der Waals surface area contributed by atoms with Crippen LogP contribution in [-0.2, 0) is 4.74 Å². The van der Waals surface area contributed by atoms with Crippen LogP contribution in [0.2, 0.25) is 0 Å². The summed E-state index contributed by atoms with van der Waals surface area (Å²) in [5, 5.41) is 27.8. The van der Waals surface area contributed by atoms with Gasteiger partial charge in [-0.2, -0.15) is 5.10 Å². The van der Waals surface area contributed by atoms with E-state index in [1.165, 1.54) is 25.5 Å². The number of hydrogen-bond donors (Lipinski definition) is 3. The molecule has 130 valence electrons. The first-order chi connectivity index (χ1) is 11.5. The van der Waals surface area contributed by atoms with E-state index in [9.17, 15) is 15.2 Å². The van der Waals surface area contributed by atoms with Crippen LogP contribution in [-0.4, -0.2) is 47.7 Å². The van der Waals surface area contributed by atoms with Crippen LogP contribution >= 0.6 is 12.2 Å². The molecule has 1 aromatic carbocycles. The van der Waals surface area contributed by atoms with Crippen LogP contribution < -0.4 is 15.5 Å². The van der Waals surface area contributed by atoms with Crippen molar-refractivity contribution in [3.8, 4) is 11.5 Å². The van der Waals surface area contributed by atoms with Crippen molar-refractivity contribution in [2.24, 2.45) is 5.10 Å². The summed E-state index contributed by atoms with van der Waals surface area (Å²) in [7, 11) is 1.31. The molecule has 24 heavy (non-hydrogen) atoms. The Hall–Kier alpha value is -2.46. The van der Waals surface area contributed by atoms with Crippen LogP contribution in [0.25, 0.3) is 0 Å². The average molecular weight is 354 g/mol. The fraction of sp³-hybridized carbons (Fsp3) is 0.429. The Morgan fingerprint density at radius 2 is 2.46 bits per heavy atom. The molecular formula is C14H18N4O5S. The number of phenols is 1. The predicted molar refractivity (Wildman–Crippen MR) is 91.6 cm³/mol. The van der Waals surface area contributed by atoms with E-state index in [0.717, 1.165) is 19.4 Å². The summed E-state index contributed by atoms with van der Waals surface area (Å²) in [6.07, 6.45) is 3.54. The highest BCUT2D eigenvalue weighted by Gasteiger charge is 2.19. The minimum absolute atomic E-state index is 0.00951. The summed E-state index contributed by atoms with van der Waals surface area (Å²) >= 11 is 5.08. The normalized spacial score (nSPS) is 17.0. The van der Waals surface area contributed by atoms with E-state index < -0.39 is 16.4 Å². The summed E-state index contributed by atoms with van der Waals surface area (Å²) in [6.45, 7) is 1.37. The van der Waals surface area contributed by atoms with E-state index in [2.05, 4.69) is 15.8 Å². The molecule has 10 heteroatoms. The third-order valence-corrected chi connectivity index (χ3v) is 3.62. The number of nitro groups is 1. The molecule has 1 fully saturated rings. The molecule has 0 amide bonds. The van der Waals surface area contributed by atoms with Crippen molar-refractivity contribution < 1.29 is 19.5 Å². The number of thiocarbonyl (C=S) groups is 1. The van der Waals surface area contributed by atoms with E-state index in [0.29, 0.717) is 17.2 Å². The minimum atomic E-state index is -0.698. The molecule has 0 aliphatic carbocycles. The first kappa shape index (κ1) is 17.9. The summed E-state index contributed by atoms with van der Waals surface area (Å²) in [5.41, 5.74) is 2.53. The molecule has 0 unspecified atom stereocenters. The summed E-state index contributed by atoms with van der Waals surface area (Å²) in [4.78, 5) is 10.2. The van der Waals surface area contributed by atoms with Gasteiger partial charge in [0.05, 0.1) is 24.4 Å². The van der Waals surface area contributed by atoms with Gasteiger partial charge >= 0.3 is 5.69 Å². The maximum atomic E-state index is 10.9. The Balaban J connectivity index is 1.94. The first-order valence-electron chi connectivity index (χ1n) is 7.25. The number of phenolic OH excluding ortho intramolecular Hbond substituents is 1. The van der Waals surface area contributed by atoms with Gasteiger partial charge in [0.2, 0.25) is 5.75 Å². The zero-order valence-corrected chi connectivity index (χ0v) is 13.8. The quantitative estimate of drug-likeness (QED) is 0.303. The van der Waals surface area contributed by atoms with Crippen molar-refractivity contribution in [1.82, 2.24) is 10.7 Å². The number of ether oxygens (including phenoxy) is 2. The first-order valence-corrected chi connectivity index (χ1v) is 7.66. The number of nitrogens with zero attached hydrogens (tertiary/aromatic N) is 2. The highest BCUT2D eigenvalue weighted by atomic mass is 32.1. The molecule has 1 atom stereocenters. The molecule has 1 aliphatic heterocycles. The second-order valence-electron chi connectivity index (χ2n) is 5.06. The van der Waals surface area contributed by atoms with E-state index in [1.807, 2.05) is 0 Å². The number of hydrogen-bond acceptors (Lipinski definition) is 7. The van der Waals surface area contributed by atoms with Crippen molar-refractivity contribution >= 4 is 29.2 Å². The number of rotatable bonds is 6. The summed E-state index contributed by atoms with van der Waals surface area (Å²) in [6, 6.07) is 2.61. The summed E-state index contributed by atoms with van der Waals surface area (Å²) < 4.78 is 10.4. The molecule has 1 saturated heterocycles. The van der Waals surface area contributed by atoms with Crippen molar-refractivity contribution in [2.45, 2.75) is 18.9 Å². The van der Waals surface area contributed by atoms with Crippen LogP contribution in [0, 0.1) is 10.1 Å². The van der Waals surface area contributed by atoms with Crippen molar-refractivity contribution in [3.05, 3.63) is 27.8 Å². The standard InChI is InChI=1S/C14H18N4O5S/c1-22-12-6-9(5-11(13(12)19)18(20)21)7-16-17-14(24)15-8-10-3-2-4-23-10/h5-7,10,19H,2-4,8H2,1H3,(H2,15,17,24)/b16-7-/t10-/m0/s1. The number of nitrogens with one attached hydrogen (secondary N) is 2. The largest absolute Gasteiger partial charge is 0.500 e. The second-order valence-corrected chi connectivity index (χ2v) is 5.47. The molecule has 0 aromatic heterocycles. The van der Waals surface area contributed by atoms with E-state index in [1.54, 1.807) is 0 Å². The van der Waals surface area contributed by atoms with E-state index in [-0.39, 0.29) is 11.9 Å². The topological polar surface area (TPSA) is 118 Å². The van der Waals surface area contributed by atoms with Crippen molar-refractivity contribution in [3.63, 3.8) is 0 Å². The minimum Gasteiger partial charge on any atom is -0.500 e. The third kappa shape index (κ3) is 4.77. The molecule has 1 aliphatic rings. The Labute approximate surface area is 143 Å². The number of aromatic hydroxyl groups is 1. The average Bonchev–Trinajstić information content (AvgIpc) is 3.07. The molecule has 0 bridgehead atoms. The van der Waals surface area contributed by atoms with Gasteiger partial charge in [0, 0.05) is 24.8 Å². The molecule has 0 spiro atoms. The monoisotopic (exact) mass is 354 g/mol. The second kappa shape index (κ2) is 8.41. The number of methoxy groups -OCH3 is 1. The molecular weight excluding hydrogens is 336 g/mol. The predicted octanol–water partition coefficient (Wildman–Crippen LogP) is 1.29. The molecule has 2 rings (SSSR count). The van der Waals surface area contributed by atoms with Crippen LogP contribution in [0.3, 0.4) is 0 Å². The van der Waals surface area contributed by atoms with Gasteiger partial charge in [0.25, 0.3) is 0 Å². The number of hydrazone groups is 1. The molecule has 1 aromatic rings.